The Balaban J connectivity index is 3.37. The molecule has 0 bridgehead atoms. The highest BCUT2D eigenvalue weighted by atomic mass is 16.5. The van der Waals surface area contributed by atoms with E-state index in [9.17, 15) is 19.8 Å². The van der Waals surface area contributed by atoms with Gasteiger partial charge in [0.25, 0.3) is 0 Å². The number of ether oxygens (including phenoxy) is 1. The Labute approximate surface area is 514 Å². The third-order valence-corrected chi connectivity index (χ3v) is 18.1. The molecule has 0 aliphatic heterocycles. The zero-order valence-electron chi connectivity index (χ0n) is 56.0. The summed E-state index contributed by atoms with van der Waals surface area (Å²) in [5, 5.41) is 23.5. The van der Waals surface area contributed by atoms with Crippen LogP contribution in [0.4, 0.5) is 0 Å². The van der Waals surface area contributed by atoms with Gasteiger partial charge in [0.2, 0.25) is 5.91 Å². The lowest BCUT2D eigenvalue weighted by Crippen LogP contribution is -2.45. The quantitative estimate of drug-likeness (QED) is 0.0320. The monoisotopic (exact) mass is 1160 g/mol. The number of esters is 1. The first-order chi connectivity index (χ1) is 40.5. The summed E-state index contributed by atoms with van der Waals surface area (Å²) >= 11 is 0. The number of hydrogen-bond acceptors (Lipinski definition) is 5. The van der Waals surface area contributed by atoms with E-state index in [4.69, 9.17) is 4.74 Å². The van der Waals surface area contributed by atoms with Crippen molar-refractivity contribution < 1.29 is 24.5 Å². The number of carbonyl (C=O) groups is 2. The highest BCUT2D eigenvalue weighted by molar-refractivity contribution is 5.76. The van der Waals surface area contributed by atoms with Crippen LogP contribution in [0.5, 0.6) is 0 Å². The molecule has 0 heterocycles. The summed E-state index contributed by atoms with van der Waals surface area (Å²) in [6.07, 6.45) is 90.0. The third kappa shape index (κ3) is 67.7. The van der Waals surface area contributed by atoms with E-state index in [1.165, 1.54) is 366 Å². The van der Waals surface area contributed by atoms with Crippen LogP contribution in [0.2, 0.25) is 0 Å². The first kappa shape index (κ1) is 80.6. The van der Waals surface area contributed by atoms with Gasteiger partial charge < -0.3 is 20.3 Å². The molecule has 2 unspecified atom stereocenters. The van der Waals surface area contributed by atoms with Gasteiger partial charge in [0.15, 0.2) is 0 Å². The highest BCUT2D eigenvalue weighted by Gasteiger charge is 2.20. The number of unbranched alkanes of at least 4 members (excludes halogenated alkanes) is 59. The van der Waals surface area contributed by atoms with Gasteiger partial charge in [-0.1, -0.05) is 386 Å². The summed E-state index contributed by atoms with van der Waals surface area (Å²) in [5.74, 6) is -0.00991. The minimum atomic E-state index is -0.665. The van der Waals surface area contributed by atoms with Crippen LogP contribution in [0, 0.1) is 0 Å². The van der Waals surface area contributed by atoms with Crippen LogP contribution in [-0.2, 0) is 14.3 Å². The second-order valence-electron chi connectivity index (χ2n) is 26.3. The maximum atomic E-state index is 12.6. The molecule has 0 aliphatic carbocycles. The van der Waals surface area contributed by atoms with Crippen LogP contribution in [0.25, 0.3) is 0 Å². The zero-order valence-corrected chi connectivity index (χ0v) is 56.0. The van der Waals surface area contributed by atoms with E-state index in [1.54, 1.807) is 0 Å². The van der Waals surface area contributed by atoms with Crippen LogP contribution in [0.15, 0.2) is 12.2 Å². The van der Waals surface area contributed by atoms with Crippen LogP contribution in [0.1, 0.15) is 438 Å². The molecule has 0 radical (unpaired) electrons. The van der Waals surface area contributed by atoms with Gasteiger partial charge in [-0.2, -0.15) is 0 Å². The van der Waals surface area contributed by atoms with E-state index < -0.39 is 12.1 Å². The fourth-order valence-corrected chi connectivity index (χ4v) is 12.3. The van der Waals surface area contributed by atoms with Crippen molar-refractivity contribution in [1.29, 1.82) is 0 Å². The molecule has 82 heavy (non-hydrogen) atoms. The summed E-state index contributed by atoms with van der Waals surface area (Å²) in [6, 6.07) is -0.542. The minimum Gasteiger partial charge on any atom is -0.466 e. The SMILES string of the molecule is CCCCCCCCCCCCCCCCCCCCCCCCCCC(O)C(CO)NC(=O)CCCCCCCCCCCCCCC/C=C\CCCCCCCCCCCCCCOC(=O)CCCCCCCCCCCCCC. The van der Waals surface area contributed by atoms with Crippen LogP contribution in [-0.4, -0.2) is 47.4 Å². The molecule has 6 nitrogen and oxygen atoms in total. The van der Waals surface area contributed by atoms with Crippen molar-refractivity contribution in [2.45, 2.75) is 450 Å². The number of allylic oxidation sites excluding steroid dienone is 2. The van der Waals surface area contributed by atoms with Crippen molar-refractivity contribution >= 4 is 11.9 Å². The average Bonchev–Trinajstić information content (AvgIpc) is 3.48. The summed E-state index contributed by atoms with van der Waals surface area (Å²) in [7, 11) is 0. The van der Waals surface area contributed by atoms with Crippen LogP contribution < -0.4 is 5.32 Å². The molecular weight excluding hydrogens is 1010 g/mol. The Morgan fingerprint density at radius 3 is 0.866 bits per heavy atom. The molecule has 3 N–H and O–H groups in total. The van der Waals surface area contributed by atoms with Crippen molar-refractivity contribution in [1.82, 2.24) is 5.32 Å². The predicted octanol–water partition coefficient (Wildman–Crippen LogP) is 24.7. The topological polar surface area (TPSA) is 95.9 Å². The van der Waals surface area contributed by atoms with E-state index >= 15 is 0 Å². The van der Waals surface area contributed by atoms with E-state index in [1.807, 2.05) is 0 Å². The van der Waals surface area contributed by atoms with Gasteiger partial charge in [-0.25, -0.2) is 0 Å². The number of rotatable bonds is 72. The summed E-state index contributed by atoms with van der Waals surface area (Å²) < 4.78 is 5.48. The number of aliphatic hydroxyl groups excluding tert-OH is 2. The second kappa shape index (κ2) is 72.1. The van der Waals surface area contributed by atoms with Crippen molar-refractivity contribution in [2.24, 2.45) is 0 Å². The van der Waals surface area contributed by atoms with Crippen LogP contribution in [0.3, 0.4) is 0 Å². The molecule has 0 aromatic rings. The van der Waals surface area contributed by atoms with Gasteiger partial charge in [-0.15, -0.1) is 0 Å². The molecule has 0 saturated heterocycles. The zero-order chi connectivity index (χ0) is 59.2. The Morgan fingerprint density at radius 1 is 0.329 bits per heavy atom. The lowest BCUT2D eigenvalue weighted by atomic mass is 10.0. The molecule has 2 atom stereocenters. The van der Waals surface area contributed by atoms with Crippen molar-refractivity contribution in [3.63, 3.8) is 0 Å². The van der Waals surface area contributed by atoms with E-state index in [-0.39, 0.29) is 18.5 Å². The van der Waals surface area contributed by atoms with E-state index in [0.717, 1.165) is 38.5 Å². The number of aliphatic hydroxyl groups is 2. The number of nitrogens with one attached hydrogen (secondary N) is 1. The number of carbonyl (C=O) groups excluding carboxylic acids is 2. The smallest absolute Gasteiger partial charge is 0.305 e. The van der Waals surface area contributed by atoms with Gasteiger partial charge in [0.1, 0.15) is 0 Å². The Kier molecular flexibility index (Phi) is 70.8. The maximum Gasteiger partial charge on any atom is 0.305 e. The normalized spacial score (nSPS) is 12.5. The lowest BCUT2D eigenvalue weighted by Gasteiger charge is -2.22. The average molecular weight is 1160 g/mol. The molecule has 0 saturated carbocycles. The number of hydrogen-bond donors (Lipinski definition) is 3. The molecule has 1 amide bonds. The molecule has 0 fully saturated rings. The number of amides is 1. The molecule has 6 heteroatoms. The van der Waals surface area contributed by atoms with Crippen molar-refractivity contribution in [3.05, 3.63) is 12.2 Å². The van der Waals surface area contributed by atoms with E-state index in [0.29, 0.717) is 25.9 Å². The van der Waals surface area contributed by atoms with Crippen molar-refractivity contribution in [3.8, 4) is 0 Å². The van der Waals surface area contributed by atoms with Gasteiger partial charge in [-0.3, -0.25) is 9.59 Å². The first-order valence-electron chi connectivity index (χ1n) is 37.9. The molecule has 0 aromatic heterocycles. The largest absolute Gasteiger partial charge is 0.466 e. The highest BCUT2D eigenvalue weighted by Crippen LogP contribution is 2.20. The third-order valence-electron chi connectivity index (χ3n) is 18.1. The second-order valence-corrected chi connectivity index (χ2v) is 26.3. The molecular formula is C76H149NO5. The molecule has 0 spiro atoms. The maximum absolute atomic E-state index is 12.6. The standard InChI is InChI=1S/C76H149NO5/c1-3-5-7-9-11-13-15-17-18-19-20-21-22-30-33-36-39-42-45-48-52-56-60-64-68-74(79)73(72-78)77-75(80)69-65-61-57-53-49-46-43-40-37-34-31-28-26-24-23-25-27-29-32-35-38-41-44-47-51-55-59-63-67-71-82-76(81)70-66-62-58-54-50-16-14-12-10-8-6-4-2/h23,25,73-74,78-79H,3-22,24,26-72H2,1-2H3,(H,77,80)/b25-23-. The van der Waals surface area contributed by atoms with Crippen LogP contribution >= 0.6 is 0 Å². The Bertz CT molecular complexity index is 1240. The summed E-state index contributed by atoms with van der Waals surface area (Å²) in [4.78, 5) is 24.6. The van der Waals surface area contributed by atoms with E-state index in [2.05, 4.69) is 31.3 Å². The fraction of sp³-hybridized carbons (Fsp3) is 0.947. The first-order valence-corrected chi connectivity index (χ1v) is 37.9. The minimum absolute atomic E-state index is 0.0184. The Morgan fingerprint density at radius 2 is 0.573 bits per heavy atom. The fourth-order valence-electron chi connectivity index (χ4n) is 12.3. The van der Waals surface area contributed by atoms with Gasteiger partial charge in [0.05, 0.1) is 25.4 Å². The van der Waals surface area contributed by atoms with Crippen molar-refractivity contribution in [2.75, 3.05) is 13.2 Å². The Hall–Kier alpha value is -1.40. The molecule has 488 valence electrons. The summed E-state index contributed by atoms with van der Waals surface area (Å²) in [5.41, 5.74) is 0. The molecule has 0 aliphatic rings. The molecule has 0 rings (SSSR count). The van der Waals surface area contributed by atoms with Gasteiger partial charge in [-0.05, 0) is 51.4 Å². The van der Waals surface area contributed by atoms with Gasteiger partial charge in [0, 0.05) is 12.8 Å². The predicted molar refractivity (Wildman–Crippen MR) is 361 cm³/mol. The molecule has 0 aromatic carbocycles. The lowest BCUT2D eigenvalue weighted by molar-refractivity contribution is -0.143. The van der Waals surface area contributed by atoms with Gasteiger partial charge >= 0.3 is 5.97 Å². The summed E-state index contributed by atoms with van der Waals surface area (Å²) in [6.45, 7) is 5.00.